The number of nitrogens with one attached hydrogen (secondary N) is 1. The van der Waals surface area contributed by atoms with Crippen LogP contribution in [0.15, 0.2) is 46.9 Å². The monoisotopic (exact) mass is 395 g/mol. The molecule has 0 heterocycles. The van der Waals surface area contributed by atoms with Crippen LogP contribution < -0.4 is 5.32 Å². The third kappa shape index (κ3) is 5.08. The molecule has 0 aliphatic rings. The van der Waals surface area contributed by atoms with Gasteiger partial charge in [0.2, 0.25) is 0 Å². The van der Waals surface area contributed by atoms with E-state index >= 15 is 0 Å². The first kappa shape index (κ1) is 17.5. The Labute approximate surface area is 147 Å². The summed E-state index contributed by atoms with van der Waals surface area (Å²) in [5.74, 6) is -0.988. The predicted octanol–water partition coefficient (Wildman–Crippen LogP) is 4.46. The minimum atomic E-state index is -0.537. The molecule has 0 unspecified atom stereocenters. The molecule has 2 rings (SSSR count). The molecular weight excluding hydrogens is 382 g/mol. The fraction of sp³-hybridized carbons (Fsp3) is 0.176. The number of carbonyl (C=O) groups is 2. The van der Waals surface area contributed by atoms with Crippen LogP contribution in [0.3, 0.4) is 0 Å². The molecule has 0 spiro atoms. The van der Waals surface area contributed by atoms with Crippen molar-refractivity contribution in [1.82, 2.24) is 0 Å². The van der Waals surface area contributed by atoms with E-state index in [-0.39, 0.29) is 6.61 Å². The molecule has 120 valence electrons. The normalized spacial score (nSPS) is 10.2. The van der Waals surface area contributed by atoms with Crippen LogP contribution in [0.25, 0.3) is 0 Å². The second-order valence-electron chi connectivity index (χ2n) is 4.80. The average Bonchev–Trinajstić information content (AvgIpc) is 2.55. The van der Waals surface area contributed by atoms with Crippen LogP contribution in [-0.4, -0.2) is 18.5 Å². The molecule has 0 fully saturated rings. The Hall–Kier alpha value is -1.85. The molecule has 0 saturated carbocycles. The SMILES string of the molecule is CCc1ccc(C(=O)OCC(=O)Nc2ccc(Br)cc2Cl)cc1. The molecule has 2 aromatic carbocycles. The van der Waals surface area contributed by atoms with E-state index in [0.717, 1.165) is 16.5 Å². The minimum Gasteiger partial charge on any atom is -0.452 e. The summed E-state index contributed by atoms with van der Waals surface area (Å²) >= 11 is 9.29. The predicted molar refractivity (Wildman–Crippen MR) is 93.9 cm³/mol. The fourth-order valence-electron chi connectivity index (χ4n) is 1.87. The van der Waals surface area contributed by atoms with Gasteiger partial charge in [-0.05, 0) is 42.3 Å². The van der Waals surface area contributed by atoms with E-state index in [2.05, 4.69) is 21.2 Å². The van der Waals surface area contributed by atoms with Gasteiger partial charge in [0.15, 0.2) is 6.61 Å². The van der Waals surface area contributed by atoms with Crippen molar-refractivity contribution in [2.75, 3.05) is 11.9 Å². The number of carbonyl (C=O) groups excluding carboxylic acids is 2. The third-order valence-electron chi connectivity index (χ3n) is 3.14. The molecule has 0 atom stereocenters. The van der Waals surface area contributed by atoms with E-state index in [1.54, 1.807) is 30.3 Å². The molecule has 0 aromatic heterocycles. The van der Waals surface area contributed by atoms with E-state index < -0.39 is 11.9 Å². The van der Waals surface area contributed by atoms with E-state index in [1.165, 1.54) is 0 Å². The number of rotatable bonds is 5. The van der Waals surface area contributed by atoms with Crippen molar-refractivity contribution in [3.05, 3.63) is 63.1 Å². The van der Waals surface area contributed by atoms with Crippen molar-refractivity contribution in [3.8, 4) is 0 Å². The number of benzene rings is 2. The van der Waals surface area contributed by atoms with Crippen LogP contribution in [0, 0.1) is 0 Å². The maximum atomic E-state index is 11.9. The zero-order valence-electron chi connectivity index (χ0n) is 12.4. The van der Waals surface area contributed by atoms with Gasteiger partial charge in [-0.15, -0.1) is 0 Å². The number of hydrogen-bond donors (Lipinski definition) is 1. The molecule has 0 aliphatic heterocycles. The zero-order chi connectivity index (χ0) is 16.8. The van der Waals surface area contributed by atoms with Crippen molar-refractivity contribution in [2.45, 2.75) is 13.3 Å². The maximum Gasteiger partial charge on any atom is 0.338 e. The van der Waals surface area contributed by atoms with Gasteiger partial charge in [-0.25, -0.2) is 4.79 Å². The Morgan fingerprint density at radius 2 is 1.87 bits per heavy atom. The summed E-state index contributed by atoms with van der Waals surface area (Å²) in [5, 5.41) is 2.99. The topological polar surface area (TPSA) is 55.4 Å². The molecular formula is C17H15BrClNO3. The molecule has 2 aromatic rings. The van der Waals surface area contributed by atoms with Crippen molar-refractivity contribution in [2.24, 2.45) is 0 Å². The number of esters is 1. The Kier molecular flexibility index (Phi) is 6.19. The lowest BCUT2D eigenvalue weighted by Crippen LogP contribution is -2.21. The number of hydrogen-bond acceptors (Lipinski definition) is 3. The van der Waals surface area contributed by atoms with E-state index in [1.807, 2.05) is 19.1 Å². The van der Waals surface area contributed by atoms with Gasteiger partial charge in [0.1, 0.15) is 0 Å². The summed E-state index contributed by atoms with van der Waals surface area (Å²) < 4.78 is 5.80. The van der Waals surface area contributed by atoms with Gasteiger partial charge in [0.25, 0.3) is 5.91 Å². The van der Waals surface area contributed by atoms with Crippen molar-refractivity contribution >= 4 is 45.1 Å². The fourth-order valence-corrected chi connectivity index (χ4v) is 2.59. The molecule has 0 aliphatic carbocycles. The van der Waals surface area contributed by atoms with Crippen LogP contribution in [0.1, 0.15) is 22.8 Å². The van der Waals surface area contributed by atoms with Gasteiger partial charge in [0, 0.05) is 4.47 Å². The smallest absolute Gasteiger partial charge is 0.338 e. The number of halogens is 2. The highest BCUT2D eigenvalue weighted by molar-refractivity contribution is 9.10. The highest BCUT2D eigenvalue weighted by Crippen LogP contribution is 2.25. The van der Waals surface area contributed by atoms with Gasteiger partial charge >= 0.3 is 5.97 Å². The second kappa shape index (κ2) is 8.13. The third-order valence-corrected chi connectivity index (χ3v) is 3.94. The zero-order valence-corrected chi connectivity index (χ0v) is 14.8. The van der Waals surface area contributed by atoms with Crippen LogP contribution in [-0.2, 0) is 16.0 Å². The van der Waals surface area contributed by atoms with Crippen LogP contribution >= 0.6 is 27.5 Å². The van der Waals surface area contributed by atoms with Gasteiger partial charge in [0.05, 0.1) is 16.3 Å². The Morgan fingerprint density at radius 3 is 2.48 bits per heavy atom. The highest BCUT2D eigenvalue weighted by Gasteiger charge is 2.11. The summed E-state index contributed by atoms with van der Waals surface area (Å²) in [6.07, 6.45) is 0.895. The van der Waals surface area contributed by atoms with Crippen LogP contribution in [0.4, 0.5) is 5.69 Å². The number of aryl methyl sites for hydroxylation is 1. The summed E-state index contributed by atoms with van der Waals surface area (Å²) in [4.78, 5) is 23.7. The number of ether oxygens (including phenoxy) is 1. The van der Waals surface area contributed by atoms with Crippen LogP contribution in [0.2, 0.25) is 5.02 Å². The largest absolute Gasteiger partial charge is 0.452 e. The number of amides is 1. The van der Waals surface area contributed by atoms with Crippen molar-refractivity contribution < 1.29 is 14.3 Å². The Morgan fingerprint density at radius 1 is 1.17 bits per heavy atom. The summed E-state index contributed by atoms with van der Waals surface area (Å²) in [7, 11) is 0. The summed E-state index contributed by atoms with van der Waals surface area (Å²) in [5.41, 5.74) is 2.00. The molecule has 0 radical (unpaired) electrons. The first-order valence-electron chi connectivity index (χ1n) is 7.00. The van der Waals surface area contributed by atoms with E-state index in [0.29, 0.717) is 16.3 Å². The lowest BCUT2D eigenvalue weighted by molar-refractivity contribution is -0.119. The van der Waals surface area contributed by atoms with Crippen LogP contribution in [0.5, 0.6) is 0 Å². The van der Waals surface area contributed by atoms with Gasteiger partial charge in [-0.2, -0.15) is 0 Å². The lowest BCUT2D eigenvalue weighted by atomic mass is 10.1. The number of anilines is 1. The molecule has 1 N–H and O–H groups in total. The van der Waals surface area contributed by atoms with E-state index in [4.69, 9.17) is 16.3 Å². The Balaban J connectivity index is 1.89. The molecule has 0 bridgehead atoms. The van der Waals surface area contributed by atoms with Crippen molar-refractivity contribution in [3.63, 3.8) is 0 Å². The van der Waals surface area contributed by atoms with Gasteiger partial charge in [-0.1, -0.05) is 46.6 Å². The minimum absolute atomic E-state index is 0.374. The van der Waals surface area contributed by atoms with Gasteiger partial charge < -0.3 is 10.1 Å². The molecule has 0 saturated heterocycles. The summed E-state index contributed by atoms with van der Waals surface area (Å²) in [6.45, 7) is 1.66. The lowest BCUT2D eigenvalue weighted by Gasteiger charge is -2.08. The van der Waals surface area contributed by atoms with Gasteiger partial charge in [-0.3, -0.25) is 4.79 Å². The molecule has 4 nitrogen and oxygen atoms in total. The quantitative estimate of drug-likeness (QED) is 0.759. The summed E-state index contributed by atoms with van der Waals surface area (Å²) in [6, 6.07) is 12.2. The molecule has 6 heteroatoms. The molecule has 23 heavy (non-hydrogen) atoms. The average molecular weight is 397 g/mol. The van der Waals surface area contributed by atoms with E-state index in [9.17, 15) is 9.59 Å². The highest BCUT2D eigenvalue weighted by atomic mass is 79.9. The maximum absolute atomic E-state index is 11.9. The molecule has 1 amide bonds. The Bertz CT molecular complexity index is 716. The first-order valence-corrected chi connectivity index (χ1v) is 8.17. The standard InChI is InChI=1S/C17H15BrClNO3/c1-2-11-3-5-12(6-4-11)17(22)23-10-16(21)20-15-8-7-13(18)9-14(15)19/h3-9H,2,10H2,1H3,(H,20,21). The first-order chi connectivity index (χ1) is 11.0. The van der Waals surface area contributed by atoms with Crippen molar-refractivity contribution in [1.29, 1.82) is 0 Å². The second-order valence-corrected chi connectivity index (χ2v) is 6.12.